The van der Waals surface area contributed by atoms with Crippen molar-refractivity contribution < 1.29 is 23.7 Å². The molecule has 2 heterocycles. The predicted molar refractivity (Wildman–Crippen MR) is 149 cm³/mol. The molecule has 0 fully saturated rings. The average molecular weight is 525 g/mol. The van der Waals surface area contributed by atoms with Crippen molar-refractivity contribution in [1.29, 1.82) is 0 Å². The van der Waals surface area contributed by atoms with Gasteiger partial charge in [-0.3, -0.25) is 9.89 Å². The summed E-state index contributed by atoms with van der Waals surface area (Å²) in [5.74, 6) is 2.00. The number of pyridine rings is 1. The summed E-state index contributed by atoms with van der Waals surface area (Å²) in [6.45, 7) is 0.369. The van der Waals surface area contributed by atoms with E-state index >= 15 is 0 Å². The molecule has 2 N–H and O–H groups in total. The molecule has 0 spiro atoms. The van der Waals surface area contributed by atoms with Crippen molar-refractivity contribution >= 4 is 16.9 Å². The minimum absolute atomic E-state index is 0.261. The van der Waals surface area contributed by atoms with Crippen molar-refractivity contribution in [3.8, 4) is 45.5 Å². The van der Waals surface area contributed by atoms with Crippen molar-refractivity contribution in [2.75, 3.05) is 28.4 Å². The number of nitrogens with zero attached hydrogens (tertiary/aromatic N) is 2. The Hall–Kier alpha value is -5.05. The number of fused-ring (bicyclic) bond motifs is 1. The van der Waals surface area contributed by atoms with Gasteiger partial charge in [-0.15, -0.1) is 0 Å². The highest BCUT2D eigenvalue weighted by Crippen LogP contribution is 2.41. The molecule has 198 valence electrons. The Bertz CT molecular complexity index is 1610. The topological polar surface area (TPSA) is 108 Å². The average Bonchev–Trinajstić information content (AvgIpc) is 3.43. The van der Waals surface area contributed by atoms with Crippen LogP contribution >= 0.6 is 0 Å². The third-order valence-electron chi connectivity index (χ3n) is 6.42. The van der Waals surface area contributed by atoms with Crippen LogP contribution in [0.5, 0.6) is 23.0 Å². The number of amides is 1. The Morgan fingerprint density at radius 2 is 1.51 bits per heavy atom. The van der Waals surface area contributed by atoms with Gasteiger partial charge in [0.25, 0.3) is 5.91 Å². The normalized spacial score (nSPS) is 10.8. The van der Waals surface area contributed by atoms with Crippen molar-refractivity contribution in [2.45, 2.75) is 6.54 Å². The van der Waals surface area contributed by atoms with Crippen LogP contribution in [0.4, 0.5) is 0 Å². The molecule has 5 rings (SSSR count). The van der Waals surface area contributed by atoms with Crippen molar-refractivity contribution in [3.63, 3.8) is 0 Å². The number of ether oxygens (including phenoxy) is 4. The van der Waals surface area contributed by atoms with Crippen LogP contribution in [0, 0.1) is 0 Å². The summed E-state index contributed by atoms with van der Waals surface area (Å²) >= 11 is 0. The summed E-state index contributed by atoms with van der Waals surface area (Å²) in [7, 11) is 6.29. The summed E-state index contributed by atoms with van der Waals surface area (Å²) in [6.07, 6.45) is 0. The number of aromatic amines is 1. The number of carbonyl (C=O) groups is 1. The quantitative estimate of drug-likeness (QED) is 0.271. The van der Waals surface area contributed by atoms with E-state index in [0.717, 1.165) is 16.9 Å². The van der Waals surface area contributed by atoms with Crippen LogP contribution in [0.3, 0.4) is 0 Å². The number of benzene rings is 3. The number of nitrogens with one attached hydrogen (secondary N) is 2. The summed E-state index contributed by atoms with van der Waals surface area (Å²) in [5.41, 5.74) is 4.44. The lowest BCUT2D eigenvalue weighted by molar-refractivity contribution is 0.0952. The molecular weight excluding hydrogens is 496 g/mol. The first-order valence-corrected chi connectivity index (χ1v) is 12.2. The van der Waals surface area contributed by atoms with Crippen LogP contribution in [0.25, 0.3) is 33.5 Å². The van der Waals surface area contributed by atoms with Gasteiger partial charge in [0.2, 0.25) is 0 Å². The molecule has 0 bridgehead atoms. The van der Waals surface area contributed by atoms with Gasteiger partial charge in [-0.2, -0.15) is 5.10 Å². The zero-order chi connectivity index (χ0) is 27.4. The lowest BCUT2D eigenvalue weighted by Crippen LogP contribution is -2.23. The molecule has 0 radical (unpaired) electrons. The Balaban J connectivity index is 1.67. The van der Waals surface area contributed by atoms with Gasteiger partial charge in [0.15, 0.2) is 17.1 Å². The molecule has 39 heavy (non-hydrogen) atoms. The van der Waals surface area contributed by atoms with Gasteiger partial charge in [-0.25, -0.2) is 4.98 Å². The number of aromatic nitrogens is 3. The molecule has 0 aliphatic carbocycles. The van der Waals surface area contributed by atoms with E-state index < -0.39 is 0 Å². The van der Waals surface area contributed by atoms with Gasteiger partial charge < -0.3 is 24.3 Å². The molecule has 0 unspecified atom stereocenters. The molecule has 3 aromatic carbocycles. The van der Waals surface area contributed by atoms with Gasteiger partial charge in [-0.1, -0.05) is 30.3 Å². The molecule has 0 atom stereocenters. The summed E-state index contributed by atoms with van der Waals surface area (Å²) in [5, 5.41) is 11.2. The number of carbonyl (C=O) groups excluding carboxylic acids is 1. The maximum Gasteiger partial charge on any atom is 0.252 e. The van der Waals surface area contributed by atoms with Crippen LogP contribution in [-0.4, -0.2) is 49.5 Å². The molecular formula is C30H28N4O5. The highest BCUT2D eigenvalue weighted by atomic mass is 16.5. The van der Waals surface area contributed by atoms with E-state index in [0.29, 0.717) is 57.3 Å². The number of hydrogen-bond donors (Lipinski definition) is 2. The highest BCUT2D eigenvalue weighted by Gasteiger charge is 2.23. The van der Waals surface area contributed by atoms with E-state index in [9.17, 15) is 4.79 Å². The molecule has 5 aromatic rings. The first-order valence-electron chi connectivity index (χ1n) is 12.2. The van der Waals surface area contributed by atoms with Crippen LogP contribution in [0.1, 0.15) is 15.9 Å². The summed E-state index contributed by atoms with van der Waals surface area (Å²) < 4.78 is 21.9. The van der Waals surface area contributed by atoms with Gasteiger partial charge >= 0.3 is 0 Å². The summed E-state index contributed by atoms with van der Waals surface area (Å²) in [4.78, 5) is 18.5. The van der Waals surface area contributed by atoms with Crippen LogP contribution < -0.4 is 24.3 Å². The van der Waals surface area contributed by atoms with Gasteiger partial charge in [0.05, 0.1) is 50.8 Å². The zero-order valence-corrected chi connectivity index (χ0v) is 22.1. The fourth-order valence-electron chi connectivity index (χ4n) is 4.41. The molecule has 9 nitrogen and oxygen atoms in total. The molecule has 9 heteroatoms. The fourth-order valence-corrected chi connectivity index (χ4v) is 4.41. The van der Waals surface area contributed by atoms with Crippen molar-refractivity contribution in [3.05, 3.63) is 83.9 Å². The smallest absolute Gasteiger partial charge is 0.252 e. The number of hydrogen-bond acceptors (Lipinski definition) is 7. The Morgan fingerprint density at radius 1 is 0.821 bits per heavy atom. The monoisotopic (exact) mass is 524 g/mol. The number of H-pyrrole nitrogens is 1. The molecule has 0 saturated carbocycles. The molecule has 2 aromatic heterocycles. The zero-order valence-electron chi connectivity index (χ0n) is 22.1. The lowest BCUT2D eigenvalue weighted by Gasteiger charge is -2.15. The Kier molecular flexibility index (Phi) is 7.31. The summed E-state index contributed by atoms with van der Waals surface area (Å²) in [6, 6.07) is 22.5. The SMILES string of the molecule is COc1ccc(-c2[nH]nc3nc(-c4cc(OC)c(OC)cc4OC)cc(C(=O)NCc4ccccc4)c23)cc1. The maximum atomic E-state index is 13.7. The lowest BCUT2D eigenvalue weighted by atomic mass is 10.0. The van der Waals surface area contributed by atoms with Gasteiger partial charge in [0.1, 0.15) is 11.5 Å². The predicted octanol–water partition coefficient (Wildman–Crippen LogP) is 5.26. The van der Waals surface area contributed by atoms with Crippen LogP contribution in [0.2, 0.25) is 0 Å². The second kappa shape index (κ2) is 11.1. The van der Waals surface area contributed by atoms with E-state index in [-0.39, 0.29) is 5.91 Å². The van der Waals surface area contributed by atoms with E-state index in [2.05, 4.69) is 15.5 Å². The standard InChI is InChI=1S/C30H28N4O5/c1-36-20-12-10-19(11-13-20)28-27-22(30(35)31-17-18-8-6-5-7-9-18)14-23(32-29(27)34-33-28)21-15-25(38-3)26(39-4)16-24(21)37-2/h5-16H,17H2,1-4H3,(H,31,35)(H,32,33,34). The number of rotatable bonds is 9. The second-order valence-corrected chi connectivity index (χ2v) is 8.66. The first-order chi connectivity index (χ1) is 19.1. The maximum absolute atomic E-state index is 13.7. The van der Waals surface area contributed by atoms with Crippen molar-refractivity contribution in [1.82, 2.24) is 20.5 Å². The first kappa shape index (κ1) is 25.6. The van der Waals surface area contributed by atoms with Crippen LogP contribution in [-0.2, 0) is 6.54 Å². The molecule has 0 aliphatic rings. The third-order valence-corrected chi connectivity index (χ3v) is 6.42. The molecule has 0 aliphatic heterocycles. The Labute approximate surface area is 225 Å². The largest absolute Gasteiger partial charge is 0.497 e. The number of methoxy groups -OCH3 is 4. The highest BCUT2D eigenvalue weighted by molar-refractivity contribution is 6.11. The van der Waals surface area contributed by atoms with Gasteiger partial charge in [-0.05, 0) is 42.0 Å². The van der Waals surface area contributed by atoms with Gasteiger partial charge in [0, 0.05) is 23.7 Å². The Morgan fingerprint density at radius 3 is 2.18 bits per heavy atom. The second-order valence-electron chi connectivity index (χ2n) is 8.66. The van der Waals surface area contributed by atoms with E-state index in [1.807, 2.05) is 54.6 Å². The van der Waals surface area contributed by atoms with Crippen molar-refractivity contribution in [2.24, 2.45) is 0 Å². The van der Waals surface area contributed by atoms with Crippen LogP contribution in [0.15, 0.2) is 72.8 Å². The third kappa shape index (κ3) is 5.06. The van der Waals surface area contributed by atoms with E-state index in [1.54, 1.807) is 46.6 Å². The minimum atomic E-state index is -0.261. The van der Waals surface area contributed by atoms with E-state index in [4.69, 9.17) is 23.9 Å². The minimum Gasteiger partial charge on any atom is -0.497 e. The molecule has 1 amide bonds. The van der Waals surface area contributed by atoms with E-state index in [1.165, 1.54) is 0 Å². The fraction of sp³-hybridized carbons (Fsp3) is 0.167. The molecule has 0 saturated heterocycles.